The van der Waals surface area contributed by atoms with E-state index in [0.29, 0.717) is 35.1 Å². The third-order valence-corrected chi connectivity index (χ3v) is 7.40. The predicted molar refractivity (Wildman–Crippen MR) is 149 cm³/mol. The number of ether oxygens (including phenoxy) is 1. The molecular weight excluding hydrogens is 588 g/mol. The molecule has 0 aromatic heterocycles. The first-order valence-corrected chi connectivity index (χ1v) is 13.9. The number of anilines is 1. The zero-order valence-electron chi connectivity index (χ0n) is 21.7. The molecule has 0 heterocycles. The molecule has 202 valence electrons. The molecule has 0 fully saturated rings. The summed E-state index contributed by atoms with van der Waals surface area (Å²) in [6.07, 6.45) is 0.413. The minimum atomic E-state index is -4.63. The fourth-order valence-electron chi connectivity index (χ4n) is 3.88. The monoisotopic (exact) mass is 609 g/mol. The topological polar surface area (TPSA) is 140 Å². The average molecular weight is 610 g/mol. The van der Waals surface area contributed by atoms with Crippen molar-refractivity contribution in [2.24, 2.45) is 10.2 Å². The minimum Gasteiger partial charge on any atom is -0.870 e. The first kappa shape index (κ1) is 31.8. The molecule has 13 heteroatoms. The number of azo groups is 1. The van der Waals surface area contributed by atoms with E-state index in [1.807, 2.05) is 6.92 Å². The molecule has 0 aliphatic rings. The van der Waals surface area contributed by atoms with Crippen molar-refractivity contribution in [3.63, 3.8) is 0 Å². The number of fused-ring (bicyclic) bond motifs is 1. The molecule has 0 atom stereocenters. The maximum Gasteiger partial charge on any atom is 1.00 e. The number of aryl methyl sites for hydroxylation is 1. The van der Waals surface area contributed by atoms with Gasteiger partial charge in [0.2, 0.25) is 0 Å². The van der Waals surface area contributed by atoms with Crippen LogP contribution in [0.25, 0.3) is 10.8 Å². The molecule has 0 spiro atoms. The Morgan fingerprint density at radius 1 is 1.02 bits per heavy atom. The molecule has 4 aromatic rings. The molecule has 4 aromatic carbocycles. The van der Waals surface area contributed by atoms with Crippen molar-refractivity contribution in [1.82, 2.24) is 0 Å². The van der Waals surface area contributed by atoms with E-state index in [-0.39, 0.29) is 62.2 Å². The zero-order valence-corrected chi connectivity index (χ0v) is 26.1. The number of carbonyl (C=O) groups excluding carboxylic acids is 1. The van der Waals surface area contributed by atoms with Crippen LogP contribution in [-0.4, -0.2) is 25.5 Å². The van der Waals surface area contributed by atoms with Crippen LogP contribution in [0.2, 0.25) is 10.0 Å². The maximum absolute atomic E-state index is 13.5. The van der Waals surface area contributed by atoms with E-state index >= 15 is 0 Å². The molecule has 0 aliphatic heterocycles. The number of carbonyl (C=O) groups is 1. The van der Waals surface area contributed by atoms with Crippen LogP contribution in [0.1, 0.15) is 29.8 Å². The molecule has 40 heavy (non-hydrogen) atoms. The second-order valence-corrected chi connectivity index (χ2v) is 10.5. The van der Waals surface area contributed by atoms with Gasteiger partial charge in [-0.2, -0.15) is 18.6 Å². The Labute approximate surface area is 263 Å². The number of hydrogen-bond acceptors (Lipinski definition) is 7. The van der Waals surface area contributed by atoms with Gasteiger partial charge in [0.05, 0.1) is 33.7 Å². The van der Waals surface area contributed by atoms with Crippen LogP contribution in [-0.2, 0) is 16.5 Å². The van der Waals surface area contributed by atoms with Gasteiger partial charge in [-0.05, 0) is 54.6 Å². The van der Waals surface area contributed by atoms with Crippen molar-refractivity contribution >= 4 is 67.1 Å². The van der Waals surface area contributed by atoms with Gasteiger partial charge in [-0.15, -0.1) is 0 Å². The number of amides is 1. The fraction of sp³-hybridized carbons (Fsp3) is 0.148. The van der Waals surface area contributed by atoms with Crippen LogP contribution in [0.15, 0.2) is 75.8 Å². The quantitative estimate of drug-likeness (QED) is 0.175. The van der Waals surface area contributed by atoms with Crippen LogP contribution in [0.3, 0.4) is 0 Å². The Bertz CT molecular complexity index is 1730. The largest absolute Gasteiger partial charge is 1.00 e. The Balaban J connectivity index is 0.00000441. The molecule has 2 N–H and O–H groups in total. The number of rotatable bonds is 8. The van der Waals surface area contributed by atoms with Gasteiger partial charge < -0.3 is 15.2 Å². The van der Waals surface area contributed by atoms with Crippen molar-refractivity contribution in [1.29, 1.82) is 0 Å². The number of nitrogens with one attached hydrogen (secondary N) is 1. The van der Waals surface area contributed by atoms with Gasteiger partial charge >= 0.3 is 29.6 Å². The molecule has 0 saturated carbocycles. The van der Waals surface area contributed by atoms with E-state index in [0.717, 1.165) is 6.07 Å². The van der Waals surface area contributed by atoms with E-state index in [9.17, 15) is 22.9 Å². The first-order chi connectivity index (χ1) is 18.5. The van der Waals surface area contributed by atoms with Crippen molar-refractivity contribution in [2.45, 2.75) is 25.2 Å². The fourth-order valence-corrected chi connectivity index (χ4v) is 5.14. The van der Waals surface area contributed by atoms with Crippen LogP contribution in [0.4, 0.5) is 17.1 Å². The second-order valence-electron chi connectivity index (χ2n) is 8.29. The Kier molecular flexibility index (Phi) is 10.6. The van der Waals surface area contributed by atoms with E-state index in [1.54, 1.807) is 49.4 Å². The summed E-state index contributed by atoms with van der Waals surface area (Å²) in [5, 5.41) is 25.4. The molecule has 9 nitrogen and oxygen atoms in total. The van der Waals surface area contributed by atoms with Crippen LogP contribution < -0.4 is 44.7 Å². The molecular formula is C27H22Cl2N3NaO6S. The number of halogens is 2. The van der Waals surface area contributed by atoms with Gasteiger partial charge in [0.25, 0.3) is 16.0 Å². The summed E-state index contributed by atoms with van der Waals surface area (Å²) < 4.78 is 38.4. The molecule has 1 amide bonds. The van der Waals surface area contributed by atoms with Crippen molar-refractivity contribution in [3.05, 3.63) is 81.8 Å². The Morgan fingerprint density at radius 3 is 2.40 bits per heavy atom. The molecule has 4 rings (SSSR count). The number of nitrogens with zero attached hydrogens (tertiary/aromatic N) is 2. The maximum atomic E-state index is 13.5. The second kappa shape index (κ2) is 13.3. The summed E-state index contributed by atoms with van der Waals surface area (Å²) in [6.45, 7) is 4.07. The molecule has 0 aliphatic carbocycles. The number of benzene rings is 4. The van der Waals surface area contributed by atoms with Gasteiger partial charge in [-0.25, -0.2) is 0 Å². The third-order valence-electron chi connectivity index (χ3n) is 5.77. The van der Waals surface area contributed by atoms with E-state index in [2.05, 4.69) is 15.5 Å². The summed E-state index contributed by atoms with van der Waals surface area (Å²) in [5.74, 6) is -0.870. The third kappa shape index (κ3) is 6.95. The van der Waals surface area contributed by atoms with Gasteiger partial charge in [0.1, 0.15) is 10.6 Å². The first-order valence-electron chi connectivity index (χ1n) is 11.7. The van der Waals surface area contributed by atoms with Crippen molar-refractivity contribution in [3.8, 4) is 11.5 Å². The van der Waals surface area contributed by atoms with Crippen molar-refractivity contribution in [2.75, 3.05) is 11.9 Å². The Morgan fingerprint density at radius 2 is 1.75 bits per heavy atom. The number of hydrogen-bond donors (Lipinski definition) is 2. The van der Waals surface area contributed by atoms with Gasteiger partial charge in [0, 0.05) is 17.0 Å². The summed E-state index contributed by atoms with van der Waals surface area (Å²) in [7, 11) is -4.63. The van der Waals surface area contributed by atoms with Gasteiger partial charge in [-0.1, -0.05) is 60.1 Å². The molecule has 0 bridgehead atoms. The normalized spacial score (nSPS) is 11.4. The Hall–Kier alpha value is -2.70. The molecule has 0 unspecified atom stereocenters. The van der Waals surface area contributed by atoms with Crippen molar-refractivity contribution < 1.29 is 57.2 Å². The van der Waals surface area contributed by atoms with E-state index < -0.39 is 26.7 Å². The van der Waals surface area contributed by atoms with Gasteiger partial charge in [-0.3, -0.25) is 9.35 Å². The summed E-state index contributed by atoms with van der Waals surface area (Å²) in [5.41, 5.74) is 0.591. The smallest absolute Gasteiger partial charge is 0.870 e. The molecule has 0 saturated heterocycles. The summed E-state index contributed by atoms with van der Waals surface area (Å²) in [4.78, 5) is 12.6. The minimum absolute atomic E-state index is 0. The van der Waals surface area contributed by atoms with Crippen LogP contribution in [0.5, 0.6) is 11.5 Å². The summed E-state index contributed by atoms with van der Waals surface area (Å²) in [6, 6.07) is 15.5. The zero-order chi connectivity index (χ0) is 28.3. The van der Waals surface area contributed by atoms with Crippen LogP contribution in [0, 0.1) is 0 Å². The van der Waals surface area contributed by atoms with E-state index in [4.69, 9.17) is 27.9 Å². The summed E-state index contributed by atoms with van der Waals surface area (Å²) >= 11 is 12.3. The SMILES string of the molecule is CCOc1ccc(NC(=O)c2cc3ccccc3c(N=Nc3cc(S(=O)(=O)O)c(Cl)cc3CC)c2[O-])c(Cl)c1.[Na+]. The predicted octanol–water partition coefficient (Wildman–Crippen LogP) is 4.10. The average Bonchev–Trinajstić information content (AvgIpc) is 2.89. The van der Waals surface area contributed by atoms with E-state index in [1.165, 1.54) is 12.1 Å². The standard InChI is InChI=1S/C27H23Cl2N3O6S.Na/c1-3-15-12-21(29)24(39(35,36)37)14-23(15)31-32-25-18-8-6-5-7-16(18)11-19(26(25)33)27(34)30-22-10-9-17(38-4-2)13-20(22)28;/h5-14,33H,3-4H2,1-2H3,(H,30,34)(H,35,36,37);/q;+1/p-1. The van der Waals surface area contributed by atoms with Crippen LogP contribution >= 0.6 is 23.2 Å². The van der Waals surface area contributed by atoms with Gasteiger partial charge in [0.15, 0.2) is 0 Å². The molecule has 0 radical (unpaired) electrons.